The summed E-state index contributed by atoms with van der Waals surface area (Å²) in [6.07, 6.45) is 0. The average Bonchev–Trinajstić information content (AvgIpc) is 3.97. The first-order valence-corrected chi connectivity index (χ1v) is 17.2. The summed E-state index contributed by atoms with van der Waals surface area (Å²) in [6, 6.07) is 21.5. The molecular weight excluding hydrogens is 712 g/mol. The maximum absolute atomic E-state index is 11.5. The molecule has 16 heteroatoms. The molecule has 0 saturated heterocycles. The van der Waals surface area contributed by atoms with Crippen LogP contribution in [0.2, 0.25) is 0 Å². The summed E-state index contributed by atoms with van der Waals surface area (Å²) >= 11 is 3.06. The molecule has 53 heavy (non-hydrogen) atoms. The number of hydrogen-bond acceptors (Lipinski definition) is 14. The number of carbonyl (C=O) groups excluding carboxylic acids is 1. The third-order valence-electron chi connectivity index (χ3n) is 8.06. The van der Waals surface area contributed by atoms with Crippen LogP contribution < -0.4 is 18.9 Å². The maximum atomic E-state index is 11.5. The van der Waals surface area contributed by atoms with E-state index in [0.717, 1.165) is 42.7 Å². The van der Waals surface area contributed by atoms with Gasteiger partial charge in [-0.2, -0.15) is 9.97 Å². The molecule has 2 N–H and O–H groups in total. The van der Waals surface area contributed by atoms with Crippen LogP contribution in [-0.4, -0.2) is 59.9 Å². The minimum Gasteiger partial charge on any atom is -0.870 e. The van der Waals surface area contributed by atoms with Crippen LogP contribution in [0.15, 0.2) is 81.8 Å². The van der Waals surface area contributed by atoms with Crippen molar-refractivity contribution >= 4 is 55.0 Å². The van der Waals surface area contributed by atoms with E-state index in [0.29, 0.717) is 44.6 Å². The van der Waals surface area contributed by atoms with Gasteiger partial charge in [0.2, 0.25) is 11.6 Å². The van der Waals surface area contributed by atoms with Crippen molar-refractivity contribution in [2.24, 2.45) is 0 Å². The van der Waals surface area contributed by atoms with E-state index in [4.69, 9.17) is 18.9 Å². The Hall–Kier alpha value is -5.56. The second-order valence-electron chi connectivity index (χ2n) is 11.6. The first kappa shape index (κ1) is 38.7. The summed E-state index contributed by atoms with van der Waals surface area (Å²) in [4.78, 5) is 40.6. The molecule has 262 valence electrons. The van der Waals surface area contributed by atoms with Crippen molar-refractivity contribution in [3.63, 3.8) is 0 Å². The Morgan fingerprint density at radius 1 is 0.604 bits per heavy atom. The molecule has 0 bridgehead atoms. The van der Waals surface area contributed by atoms with Gasteiger partial charge in [0.1, 0.15) is 0 Å². The van der Waals surface area contributed by atoms with Crippen LogP contribution in [0.3, 0.4) is 0 Å². The van der Waals surface area contributed by atoms with Gasteiger partial charge in [-0.25, -0.2) is 19.6 Å². The van der Waals surface area contributed by atoms with Crippen molar-refractivity contribution < 1.29 is 52.8 Å². The number of aromatic nitrogens is 6. The summed E-state index contributed by atoms with van der Waals surface area (Å²) in [5.74, 6) is 0.240. The van der Waals surface area contributed by atoms with Crippen LogP contribution in [0, 0.1) is 27.7 Å². The van der Waals surface area contributed by atoms with E-state index in [9.17, 15) is 9.59 Å². The number of aromatic carboxylic acids is 1. The molecule has 4 heterocycles. The molecule has 0 aliphatic rings. The third kappa shape index (κ3) is 7.80. The van der Waals surface area contributed by atoms with E-state index in [-0.39, 0.29) is 35.9 Å². The van der Waals surface area contributed by atoms with Crippen molar-refractivity contribution in [1.29, 1.82) is 0 Å². The minimum absolute atomic E-state index is 0. The number of carboxylic acids is 1. The number of rotatable bonds is 6. The van der Waals surface area contributed by atoms with Crippen LogP contribution in [0.5, 0.6) is 0 Å². The monoisotopic (exact) mass is 740 g/mol. The molecular formula is C37H29LiN6O7S2. The van der Waals surface area contributed by atoms with Gasteiger partial charge in [0.25, 0.3) is 11.8 Å². The number of esters is 1. The first-order valence-electron chi connectivity index (χ1n) is 15.5. The number of ether oxygens (including phenoxy) is 1. The fraction of sp³-hybridized carbons (Fsp3) is 0.135. The Labute approximate surface area is 322 Å². The number of benzene rings is 4. The van der Waals surface area contributed by atoms with Crippen LogP contribution in [0.25, 0.3) is 65.0 Å². The summed E-state index contributed by atoms with van der Waals surface area (Å²) < 4.78 is 17.7. The van der Waals surface area contributed by atoms with Crippen molar-refractivity contribution in [2.75, 3.05) is 7.11 Å². The third-order valence-corrected chi connectivity index (χ3v) is 10.4. The molecule has 0 fully saturated rings. The number of fused-ring (bicyclic) bond motifs is 2. The van der Waals surface area contributed by atoms with E-state index < -0.39 is 5.97 Å². The maximum Gasteiger partial charge on any atom is 1.00 e. The summed E-state index contributed by atoms with van der Waals surface area (Å²) in [6.45, 7) is 8.17. The predicted octanol–water partition coefficient (Wildman–Crippen LogP) is 5.57. The zero-order valence-corrected chi connectivity index (χ0v) is 31.0. The fourth-order valence-corrected chi connectivity index (χ4v) is 7.26. The smallest absolute Gasteiger partial charge is 0.870 e. The summed E-state index contributed by atoms with van der Waals surface area (Å²) in [5.41, 5.74) is 8.59. The number of thiazole rings is 2. The van der Waals surface area contributed by atoms with Gasteiger partial charge in [-0.05, 0) is 74.2 Å². The molecule has 13 nitrogen and oxygen atoms in total. The van der Waals surface area contributed by atoms with E-state index in [2.05, 4.69) is 55.4 Å². The van der Waals surface area contributed by atoms with Gasteiger partial charge in [0, 0.05) is 11.1 Å². The molecule has 4 aromatic carbocycles. The summed E-state index contributed by atoms with van der Waals surface area (Å²) in [5, 5.41) is 18.3. The van der Waals surface area contributed by atoms with Gasteiger partial charge in [0.15, 0.2) is 10.0 Å². The zero-order valence-electron chi connectivity index (χ0n) is 29.4. The zero-order chi connectivity index (χ0) is 35.8. The van der Waals surface area contributed by atoms with Gasteiger partial charge in [-0.15, -0.1) is 22.7 Å². The van der Waals surface area contributed by atoms with E-state index in [1.807, 2.05) is 26.8 Å². The fourth-order valence-electron chi connectivity index (χ4n) is 5.19. The molecule has 0 atom stereocenters. The van der Waals surface area contributed by atoms with E-state index in [1.54, 1.807) is 47.7 Å². The predicted molar refractivity (Wildman–Crippen MR) is 196 cm³/mol. The molecule has 0 aliphatic heterocycles. The number of carbonyl (C=O) groups is 2. The molecule has 0 spiro atoms. The molecule has 4 aromatic heterocycles. The number of aryl methyl sites for hydroxylation is 4. The second-order valence-corrected chi connectivity index (χ2v) is 13.6. The number of nitrogens with zero attached hydrogens (tertiary/aromatic N) is 6. The summed E-state index contributed by atoms with van der Waals surface area (Å²) in [7, 11) is 1.35. The van der Waals surface area contributed by atoms with Crippen LogP contribution in [0.4, 0.5) is 0 Å². The SMILES string of the molecule is COC(=O)c1ccc(-c2noc(-c3nc4c(C)ccc(C)c4s3)n2)cc1.Cc1ccc(C)c2sc(-c3nc(-c4ccc(C(=O)O)cc4)no3)nc12.[Li+].[OH-]. The topological polar surface area (TPSA) is 197 Å². The van der Waals surface area contributed by atoms with Gasteiger partial charge in [-0.1, -0.05) is 58.8 Å². The van der Waals surface area contributed by atoms with Crippen molar-refractivity contribution in [3.8, 4) is 44.6 Å². The van der Waals surface area contributed by atoms with Crippen LogP contribution >= 0.6 is 22.7 Å². The largest absolute Gasteiger partial charge is 1.00 e. The number of carboxylic acid groups (broad SMARTS) is 1. The van der Waals surface area contributed by atoms with Gasteiger partial charge >= 0.3 is 30.8 Å². The Balaban J connectivity index is 0.000000197. The first-order chi connectivity index (χ1) is 24.6. The van der Waals surface area contributed by atoms with E-state index >= 15 is 0 Å². The molecule has 8 rings (SSSR count). The molecule has 8 aromatic rings. The van der Waals surface area contributed by atoms with Crippen LogP contribution in [0.1, 0.15) is 43.0 Å². The van der Waals surface area contributed by atoms with Gasteiger partial charge in [-0.3, -0.25) is 0 Å². The number of hydrogen-bond donors (Lipinski definition) is 1. The minimum atomic E-state index is -0.972. The Morgan fingerprint density at radius 2 is 1.00 bits per heavy atom. The van der Waals surface area contributed by atoms with E-state index in [1.165, 1.54) is 36.1 Å². The molecule has 0 amide bonds. The van der Waals surface area contributed by atoms with Crippen molar-refractivity contribution in [2.45, 2.75) is 27.7 Å². The molecule has 0 radical (unpaired) electrons. The van der Waals surface area contributed by atoms with Gasteiger partial charge in [0.05, 0.1) is 38.7 Å². The van der Waals surface area contributed by atoms with Crippen LogP contribution in [-0.2, 0) is 4.74 Å². The normalized spacial score (nSPS) is 10.7. The van der Waals surface area contributed by atoms with Crippen molar-refractivity contribution in [3.05, 3.63) is 106 Å². The van der Waals surface area contributed by atoms with Gasteiger partial charge < -0.3 is 24.4 Å². The number of methoxy groups -OCH3 is 1. The van der Waals surface area contributed by atoms with Crippen molar-refractivity contribution in [1.82, 2.24) is 30.2 Å². The Kier molecular flexibility index (Phi) is 11.7. The molecule has 0 saturated carbocycles. The molecule has 0 aliphatic carbocycles. The quantitative estimate of drug-likeness (QED) is 0.164. The second kappa shape index (κ2) is 16.0. The standard InChI is InChI=1S/C19H15N3O3S.C18H13N3O3S.Li.H2O/c1-10-4-5-11(2)15-14(10)20-18(26-15)17-21-16(22-25-17)12-6-8-13(9-7-12)19(23)24-3;1-9-3-4-10(2)14-13(9)19-17(25-14)16-20-15(21-24-16)11-5-7-12(8-6-11)18(22)23;;/h4-9H,1-3H3;3-8H,1-2H3,(H,22,23);;1H2/q;;+1;/p-1. The Bertz CT molecular complexity index is 2500. The molecule has 0 unspecified atom stereocenters. The average molecular weight is 741 g/mol. The Morgan fingerprint density at radius 3 is 1.38 bits per heavy atom.